The van der Waals surface area contributed by atoms with E-state index >= 15 is 0 Å². The second kappa shape index (κ2) is 9.22. The lowest BCUT2D eigenvalue weighted by molar-refractivity contribution is -0.148. The Hall–Kier alpha value is -2.34. The molecule has 2 N–H and O–H groups in total. The summed E-state index contributed by atoms with van der Waals surface area (Å²) in [7, 11) is 0. The maximum atomic E-state index is 12.4. The molecule has 0 unspecified atom stereocenters. The Kier molecular flexibility index (Phi) is 7.01. The first-order valence-electron chi connectivity index (χ1n) is 8.00. The van der Waals surface area contributed by atoms with Crippen molar-refractivity contribution >= 4 is 33.6 Å². The first kappa shape index (κ1) is 19.0. The lowest BCUT2D eigenvalue weighted by atomic mass is 10.1. The van der Waals surface area contributed by atoms with Crippen molar-refractivity contribution in [2.24, 2.45) is 5.92 Å². The molecule has 0 radical (unpaired) electrons. The van der Waals surface area contributed by atoms with Gasteiger partial charge in [-0.2, -0.15) is 0 Å². The number of nitrogens with one attached hydrogen (secondary N) is 2. The summed E-state index contributed by atoms with van der Waals surface area (Å²) < 4.78 is 6.25. The van der Waals surface area contributed by atoms with E-state index in [0.717, 1.165) is 10.0 Å². The molecule has 1 atom stereocenters. The smallest absolute Gasteiger partial charge is 0.329 e. The largest absolute Gasteiger partial charge is 0.459 e. The molecular formula is C19H21BrN2O3. The van der Waals surface area contributed by atoms with E-state index in [0.29, 0.717) is 5.69 Å². The van der Waals surface area contributed by atoms with Gasteiger partial charge in [-0.3, -0.25) is 0 Å². The van der Waals surface area contributed by atoms with Gasteiger partial charge in [0.15, 0.2) is 0 Å². The number of hydrogen-bond acceptors (Lipinski definition) is 3. The number of benzene rings is 2. The molecule has 0 spiro atoms. The molecule has 132 valence electrons. The molecule has 0 heterocycles. The molecule has 25 heavy (non-hydrogen) atoms. The molecule has 0 saturated carbocycles. The summed E-state index contributed by atoms with van der Waals surface area (Å²) in [5, 5.41) is 5.38. The van der Waals surface area contributed by atoms with E-state index in [1.165, 1.54) is 0 Å². The lowest BCUT2D eigenvalue weighted by Crippen LogP contribution is -2.47. The van der Waals surface area contributed by atoms with Crippen LogP contribution in [-0.2, 0) is 16.1 Å². The van der Waals surface area contributed by atoms with Crippen LogP contribution in [0.3, 0.4) is 0 Å². The number of para-hydroxylation sites is 1. The van der Waals surface area contributed by atoms with Crippen molar-refractivity contribution < 1.29 is 14.3 Å². The van der Waals surface area contributed by atoms with Gasteiger partial charge in [-0.25, -0.2) is 9.59 Å². The highest BCUT2D eigenvalue weighted by Crippen LogP contribution is 2.17. The van der Waals surface area contributed by atoms with Crippen molar-refractivity contribution in [1.29, 1.82) is 0 Å². The quantitative estimate of drug-likeness (QED) is 0.703. The minimum Gasteiger partial charge on any atom is -0.459 e. The van der Waals surface area contributed by atoms with E-state index in [1.807, 2.05) is 56.3 Å². The molecule has 0 saturated heterocycles. The van der Waals surface area contributed by atoms with Crippen LogP contribution in [0, 0.1) is 5.92 Å². The Labute approximate surface area is 155 Å². The lowest BCUT2D eigenvalue weighted by Gasteiger charge is -2.21. The monoisotopic (exact) mass is 404 g/mol. The number of rotatable bonds is 6. The van der Waals surface area contributed by atoms with Crippen molar-refractivity contribution in [2.45, 2.75) is 26.5 Å². The van der Waals surface area contributed by atoms with Crippen LogP contribution in [0.25, 0.3) is 0 Å². The van der Waals surface area contributed by atoms with Gasteiger partial charge >= 0.3 is 12.0 Å². The highest BCUT2D eigenvalue weighted by molar-refractivity contribution is 9.10. The van der Waals surface area contributed by atoms with Gasteiger partial charge in [0.2, 0.25) is 0 Å². The molecule has 2 aromatic rings. The molecule has 0 aliphatic rings. The minimum atomic E-state index is -0.730. The first-order valence-corrected chi connectivity index (χ1v) is 8.79. The van der Waals surface area contributed by atoms with Gasteiger partial charge in [0, 0.05) is 15.7 Å². The fourth-order valence-corrected chi connectivity index (χ4v) is 2.58. The number of esters is 1. The molecule has 0 aliphatic carbocycles. The molecular weight excluding hydrogens is 384 g/mol. The van der Waals surface area contributed by atoms with Crippen LogP contribution in [-0.4, -0.2) is 18.0 Å². The van der Waals surface area contributed by atoms with E-state index < -0.39 is 18.0 Å². The Morgan fingerprint density at radius 2 is 1.68 bits per heavy atom. The molecule has 0 fully saturated rings. The molecule has 0 bridgehead atoms. The van der Waals surface area contributed by atoms with Crippen LogP contribution < -0.4 is 10.6 Å². The van der Waals surface area contributed by atoms with Crippen LogP contribution in [0.15, 0.2) is 59.1 Å². The van der Waals surface area contributed by atoms with E-state index in [4.69, 9.17) is 4.74 Å². The summed E-state index contributed by atoms with van der Waals surface area (Å²) in [6.45, 7) is 3.85. The van der Waals surface area contributed by atoms with Crippen molar-refractivity contribution in [3.8, 4) is 0 Å². The second-order valence-corrected chi connectivity index (χ2v) is 6.74. The zero-order valence-electron chi connectivity index (χ0n) is 14.2. The van der Waals surface area contributed by atoms with Crippen LogP contribution >= 0.6 is 15.9 Å². The topological polar surface area (TPSA) is 67.4 Å². The fraction of sp³-hybridized carbons (Fsp3) is 0.263. The van der Waals surface area contributed by atoms with Crippen molar-refractivity contribution in [3.63, 3.8) is 0 Å². The summed E-state index contributed by atoms with van der Waals surface area (Å²) >= 11 is 3.42. The van der Waals surface area contributed by atoms with Crippen molar-refractivity contribution in [3.05, 3.63) is 64.6 Å². The molecule has 0 aliphatic heterocycles. The van der Waals surface area contributed by atoms with Crippen molar-refractivity contribution in [1.82, 2.24) is 5.32 Å². The number of anilines is 1. The first-order chi connectivity index (χ1) is 12.0. The summed E-state index contributed by atoms with van der Waals surface area (Å²) in [5.41, 5.74) is 1.52. The fourth-order valence-electron chi connectivity index (χ4n) is 2.18. The van der Waals surface area contributed by atoms with Gasteiger partial charge in [-0.1, -0.05) is 66.2 Å². The number of ether oxygens (including phenoxy) is 1. The zero-order chi connectivity index (χ0) is 18.2. The molecule has 2 aromatic carbocycles. The number of amides is 2. The van der Waals surface area contributed by atoms with Crippen LogP contribution in [0.5, 0.6) is 0 Å². The van der Waals surface area contributed by atoms with Gasteiger partial charge in [-0.05, 0) is 24.1 Å². The van der Waals surface area contributed by atoms with Crippen LogP contribution in [0.2, 0.25) is 0 Å². The third-order valence-electron chi connectivity index (χ3n) is 3.57. The maximum Gasteiger partial charge on any atom is 0.329 e. The van der Waals surface area contributed by atoms with Gasteiger partial charge in [0.25, 0.3) is 0 Å². The molecule has 6 heteroatoms. The number of urea groups is 1. The molecule has 0 aromatic heterocycles. The van der Waals surface area contributed by atoms with Crippen molar-refractivity contribution in [2.75, 3.05) is 5.32 Å². The number of carbonyl (C=O) groups is 2. The van der Waals surface area contributed by atoms with Gasteiger partial charge in [0.05, 0.1) is 0 Å². The van der Waals surface area contributed by atoms with Crippen LogP contribution in [0.1, 0.15) is 19.4 Å². The van der Waals surface area contributed by atoms with Gasteiger partial charge < -0.3 is 15.4 Å². The number of halogens is 1. The van der Waals surface area contributed by atoms with E-state index in [9.17, 15) is 9.59 Å². The second-order valence-electron chi connectivity index (χ2n) is 5.89. The number of hydrogen-bond donors (Lipinski definition) is 2. The summed E-state index contributed by atoms with van der Waals surface area (Å²) in [4.78, 5) is 24.5. The number of carbonyl (C=O) groups excluding carboxylic acids is 2. The predicted octanol–water partition coefficient (Wildman–Crippen LogP) is 4.34. The van der Waals surface area contributed by atoms with E-state index in [-0.39, 0.29) is 12.5 Å². The third-order valence-corrected chi connectivity index (χ3v) is 4.34. The summed E-state index contributed by atoms with van der Waals surface area (Å²) in [5.74, 6) is -0.567. The standard InChI is InChI=1S/C19H21BrN2O3/c1-13(2)17(22-19(24)21-15-9-4-3-5-10-15)18(23)25-12-14-8-6-7-11-16(14)20/h3-11,13,17H,12H2,1-2H3,(H2,21,22,24)/t17-/m0/s1. The molecule has 2 rings (SSSR count). The molecule has 5 nitrogen and oxygen atoms in total. The SMILES string of the molecule is CC(C)[C@H](NC(=O)Nc1ccccc1)C(=O)OCc1ccccc1Br. The van der Waals surface area contributed by atoms with E-state index in [2.05, 4.69) is 26.6 Å². The van der Waals surface area contributed by atoms with Crippen LogP contribution in [0.4, 0.5) is 10.5 Å². The summed E-state index contributed by atoms with van der Waals surface area (Å²) in [6.07, 6.45) is 0. The Bertz CT molecular complexity index is 720. The average Bonchev–Trinajstić information content (AvgIpc) is 2.59. The highest BCUT2D eigenvalue weighted by Gasteiger charge is 2.26. The van der Waals surface area contributed by atoms with E-state index in [1.54, 1.807) is 12.1 Å². The molecule has 2 amide bonds. The Balaban J connectivity index is 1.93. The Morgan fingerprint density at radius 3 is 2.32 bits per heavy atom. The van der Waals surface area contributed by atoms with Gasteiger partial charge in [-0.15, -0.1) is 0 Å². The Morgan fingerprint density at radius 1 is 1.04 bits per heavy atom. The average molecular weight is 405 g/mol. The minimum absolute atomic E-state index is 0.103. The third kappa shape index (κ3) is 5.90. The normalized spacial score (nSPS) is 11.7. The van der Waals surface area contributed by atoms with Gasteiger partial charge in [0.1, 0.15) is 12.6 Å². The zero-order valence-corrected chi connectivity index (χ0v) is 15.7. The highest BCUT2D eigenvalue weighted by atomic mass is 79.9. The predicted molar refractivity (Wildman–Crippen MR) is 101 cm³/mol. The maximum absolute atomic E-state index is 12.4. The summed E-state index contributed by atoms with van der Waals surface area (Å²) in [6, 6.07) is 15.4.